The summed E-state index contributed by atoms with van der Waals surface area (Å²) in [5.41, 5.74) is 1.43. The molecule has 1 amide bonds. The number of sulfonamides is 1. The molecular formula is C23H28N2O4S. The van der Waals surface area contributed by atoms with Gasteiger partial charge < -0.3 is 10.1 Å². The van der Waals surface area contributed by atoms with Crippen molar-refractivity contribution in [1.29, 1.82) is 0 Å². The molecule has 6 nitrogen and oxygen atoms in total. The largest absolute Gasteiger partial charge is 0.494 e. The molecule has 7 heteroatoms. The molecule has 0 radical (unpaired) electrons. The highest BCUT2D eigenvalue weighted by atomic mass is 32.2. The van der Waals surface area contributed by atoms with Crippen LogP contribution in [0.4, 0.5) is 5.69 Å². The van der Waals surface area contributed by atoms with Crippen LogP contribution in [0, 0.1) is 0 Å². The van der Waals surface area contributed by atoms with E-state index >= 15 is 0 Å². The van der Waals surface area contributed by atoms with Crippen molar-refractivity contribution in [1.82, 2.24) is 4.31 Å². The minimum absolute atomic E-state index is 0.263. The number of rotatable bonds is 7. The second-order valence-corrected chi connectivity index (χ2v) is 9.11. The summed E-state index contributed by atoms with van der Waals surface area (Å²) in [4.78, 5) is 12.4. The third-order valence-corrected chi connectivity index (χ3v) is 6.86. The Bertz CT molecular complexity index is 959. The summed E-state index contributed by atoms with van der Waals surface area (Å²) in [6, 6.07) is 13.8. The van der Waals surface area contributed by atoms with Gasteiger partial charge in [0.25, 0.3) is 0 Å². The Balaban J connectivity index is 1.60. The number of ether oxygens (including phenoxy) is 1. The van der Waals surface area contributed by atoms with Crippen molar-refractivity contribution >= 4 is 27.7 Å². The van der Waals surface area contributed by atoms with Crippen LogP contribution in [-0.4, -0.2) is 38.3 Å². The molecular weight excluding hydrogens is 400 g/mol. The van der Waals surface area contributed by atoms with Crippen LogP contribution < -0.4 is 10.1 Å². The van der Waals surface area contributed by atoms with Crippen LogP contribution in [-0.2, 0) is 14.8 Å². The van der Waals surface area contributed by atoms with Crippen molar-refractivity contribution in [3.05, 3.63) is 60.2 Å². The normalized spacial score (nSPS) is 15.6. The van der Waals surface area contributed by atoms with Gasteiger partial charge in [0, 0.05) is 24.9 Å². The summed E-state index contributed by atoms with van der Waals surface area (Å²) in [5.74, 6) is 0.488. The molecule has 1 heterocycles. The van der Waals surface area contributed by atoms with Crippen LogP contribution in [0.2, 0.25) is 0 Å². The van der Waals surface area contributed by atoms with Gasteiger partial charge in [-0.2, -0.15) is 4.31 Å². The van der Waals surface area contributed by atoms with Crippen LogP contribution in [0.15, 0.2) is 59.5 Å². The van der Waals surface area contributed by atoms with E-state index in [-0.39, 0.29) is 5.91 Å². The van der Waals surface area contributed by atoms with E-state index in [0.29, 0.717) is 30.3 Å². The highest BCUT2D eigenvalue weighted by Crippen LogP contribution is 2.21. The zero-order valence-corrected chi connectivity index (χ0v) is 18.0. The topological polar surface area (TPSA) is 75.7 Å². The molecule has 1 N–H and O–H groups in total. The molecule has 0 unspecified atom stereocenters. The second-order valence-electron chi connectivity index (χ2n) is 7.17. The van der Waals surface area contributed by atoms with E-state index in [0.717, 1.165) is 37.0 Å². The van der Waals surface area contributed by atoms with Gasteiger partial charge in [-0.05, 0) is 67.8 Å². The Labute approximate surface area is 178 Å². The highest BCUT2D eigenvalue weighted by molar-refractivity contribution is 7.89. The van der Waals surface area contributed by atoms with E-state index in [1.165, 1.54) is 6.08 Å². The van der Waals surface area contributed by atoms with Gasteiger partial charge >= 0.3 is 0 Å². The summed E-state index contributed by atoms with van der Waals surface area (Å²) >= 11 is 0. The van der Waals surface area contributed by atoms with Gasteiger partial charge in [0.2, 0.25) is 15.9 Å². The van der Waals surface area contributed by atoms with Gasteiger partial charge in [-0.1, -0.05) is 25.0 Å². The average Bonchev–Trinajstić information content (AvgIpc) is 3.04. The summed E-state index contributed by atoms with van der Waals surface area (Å²) in [6.07, 6.45) is 7.05. The van der Waals surface area contributed by atoms with E-state index in [1.807, 2.05) is 6.92 Å². The lowest BCUT2D eigenvalue weighted by Gasteiger charge is -2.19. The Kier molecular flexibility index (Phi) is 7.65. The number of anilines is 1. The minimum Gasteiger partial charge on any atom is -0.494 e. The predicted molar refractivity (Wildman–Crippen MR) is 119 cm³/mol. The molecule has 2 aromatic carbocycles. The zero-order chi connectivity index (χ0) is 21.4. The van der Waals surface area contributed by atoms with Crippen molar-refractivity contribution in [3.63, 3.8) is 0 Å². The van der Waals surface area contributed by atoms with Crippen molar-refractivity contribution in [2.75, 3.05) is 25.0 Å². The Morgan fingerprint density at radius 2 is 1.63 bits per heavy atom. The standard InChI is InChI=1S/C23H28N2O4S/c1-2-29-21-12-10-20(11-13-21)24-23(26)16-9-19-7-14-22(15-8-19)30(27,28)25-17-5-3-4-6-18-25/h7-16H,2-6,17-18H2,1H3,(H,24,26). The first-order chi connectivity index (χ1) is 14.5. The molecule has 0 aliphatic carbocycles. The number of hydrogen-bond donors (Lipinski definition) is 1. The lowest BCUT2D eigenvalue weighted by atomic mass is 10.2. The van der Waals surface area contributed by atoms with Gasteiger partial charge in [0.15, 0.2) is 0 Å². The first-order valence-corrected chi connectivity index (χ1v) is 11.7. The van der Waals surface area contributed by atoms with Crippen molar-refractivity contribution in [2.24, 2.45) is 0 Å². The van der Waals surface area contributed by atoms with E-state index in [2.05, 4.69) is 5.32 Å². The number of amides is 1. The van der Waals surface area contributed by atoms with Gasteiger partial charge in [0.1, 0.15) is 5.75 Å². The molecule has 0 spiro atoms. The first kappa shape index (κ1) is 22.1. The minimum atomic E-state index is -3.46. The number of benzene rings is 2. The first-order valence-electron chi connectivity index (χ1n) is 10.3. The van der Waals surface area contributed by atoms with Crippen molar-refractivity contribution < 1.29 is 17.9 Å². The van der Waals surface area contributed by atoms with E-state index < -0.39 is 10.0 Å². The smallest absolute Gasteiger partial charge is 0.248 e. The number of nitrogens with zero attached hydrogens (tertiary/aromatic N) is 1. The van der Waals surface area contributed by atoms with Crippen LogP contribution >= 0.6 is 0 Å². The van der Waals surface area contributed by atoms with E-state index in [1.54, 1.807) is 58.9 Å². The monoisotopic (exact) mass is 428 g/mol. The predicted octanol–water partition coefficient (Wildman–Crippen LogP) is 4.30. The Morgan fingerprint density at radius 1 is 1.00 bits per heavy atom. The van der Waals surface area contributed by atoms with Gasteiger partial charge in [-0.3, -0.25) is 4.79 Å². The molecule has 2 aromatic rings. The Morgan fingerprint density at radius 3 is 2.23 bits per heavy atom. The fraction of sp³-hybridized carbons (Fsp3) is 0.348. The van der Waals surface area contributed by atoms with Crippen LogP contribution in [0.5, 0.6) is 5.75 Å². The van der Waals surface area contributed by atoms with Gasteiger partial charge in [-0.25, -0.2) is 8.42 Å². The molecule has 1 fully saturated rings. The van der Waals surface area contributed by atoms with Crippen LogP contribution in [0.1, 0.15) is 38.2 Å². The number of nitrogens with one attached hydrogen (secondary N) is 1. The fourth-order valence-corrected chi connectivity index (χ4v) is 4.86. The number of carbonyl (C=O) groups is 1. The molecule has 160 valence electrons. The third-order valence-electron chi connectivity index (χ3n) is 4.94. The average molecular weight is 429 g/mol. The summed E-state index contributed by atoms with van der Waals surface area (Å²) < 4.78 is 32.6. The van der Waals surface area contributed by atoms with Crippen molar-refractivity contribution in [2.45, 2.75) is 37.5 Å². The zero-order valence-electron chi connectivity index (χ0n) is 17.2. The highest BCUT2D eigenvalue weighted by Gasteiger charge is 2.24. The number of carbonyl (C=O) groups excluding carboxylic acids is 1. The lowest BCUT2D eigenvalue weighted by molar-refractivity contribution is -0.111. The maximum Gasteiger partial charge on any atom is 0.248 e. The summed E-state index contributed by atoms with van der Waals surface area (Å²) in [7, 11) is -3.46. The number of hydrogen-bond acceptors (Lipinski definition) is 4. The second kappa shape index (κ2) is 10.4. The lowest BCUT2D eigenvalue weighted by Crippen LogP contribution is -2.31. The fourth-order valence-electron chi connectivity index (χ4n) is 3.34. The van der Waals surface area contributed by atoms with Crippen LogP contribution in [0.25, 0.3) is 6.08 Å². The van der Waals surface area contributed by atoms with Crippen molar-refractivity contribution in [3.8, 4) is 5.75 Å². The molecule has 0 bridgehead atoms. The van der Waals surface area contributed by atoms with Gasteiger partial charge in [-0.15, -0.1) is 0 Å². The SMILES string of the molecule is CCOc1ccc(NC(=O)C=Cc2ccc(S(=O)(=O)N3CCCCCC3)cc2)cc1. The molecule has 3 rings (SSSR count). The maximum absolute atomic E-state index is 12.8. The quantitative estimate of drug-likeness (QED) is 0.667. The molecule has 30 heavy (non-hydrogen) atoms. The van der Waals surface area contributed by atoms with E-state index in [4.69, 9.17) is 4.74 Å². The van der Waals surface area contributed by atoms with Gasteiger partial charge in [0.05, 0.1) is 11.5 Å². The molecule has 0 saturated carbocycles. The van der Waals surface area contributed by atoms with E-state index in [9.17, 15) is 13.2 Å². The van der Waals surface area contributed by atoms with Crippen LogP contribution in [0.3, 0.4) is 0 Å². The Hall–Kier alpha value is -2.64. The molecule has 0 atom stereocenters. The summed E-state index contributed by atoms with van der Waals surface area (Å²) in [5, 5.41) is 2.78. The molecule has 0 aromatic heterocycles. The molecule has 1 aliphatic rings. The molecule has 1 aliphatic heterocycles. The maximum atomic E-state index is 12.8. The third kappa shape index (κ3) is 5.93. The summed E-state index contributed by atoms with van der Waals surface area (Å²) in [6.45, 7) is 3.66. The molecule has 1 saturated heterocycles.